The molecule has 0 aliphatic carbocycles. The lowest BCUT2D eigenvalue weighted by atomic mass is 10.1. The molecule has 0 saturated carbocycles. The lowest BCUT2D eigenvalue weighted by Crippen LogP contribution is -2.22. The van der Waals surface area contributed by atoms with Gasteiger partial charge in [0.1, 0.15) is 5.69 Å². The van der Waals surface area contributed by atoms with Gasteiger partial charge in [-0.15, -0.1) is 0 Å². The maximum Gasteiger partial charge on any atom is 0.404 e. The summed E-state index contributed by atoms with van der Waals surface area (Å²) in [5.41, 5.74) is 2.65. The van der Waals surface area contributed by atoms with Crippen LogP contribution in [0.4, 0.5) is 10.5 Å². The number of nitrogens with one attached hydrogen (secondary N) is 1. The van der Waals surface area contributed by atoms with Crippen molar-refractivity contribution in [3.63, 3.8) is 0 Å². The number of carbonyl (C=O) groups excluding carboxylic acids is 1. The third-order valence-corrected chi connectivity index (χ3v) is 3.03. The number of benzene rings is 1. The van der Waals surface area contributed by atoms with Crippen molar-refractivity contribution >= 4 is 28.8 Å². The minimum atomic E-state index is -1.02. The van der Waals surface area contributed by atoms with E-state index in [-0.39, 0.29) is 0 Å². The zero-order valence-electron chi connectivity index (χ0n) is 11.1. The Labute approximate surface area is 115 Å². The van der Waals surface area contributed by atoms with Crippen LogP contribution in [0.3, 0.4) is 0 Å². The predicted molar refractivity (Wildman–Crippen MR) is 75.1 cm³/mol. The molecule has 0 radical (unpaired) electrons. The van der Waals surface area contributed by atoms with Crippen molar-refractivity contribution in [3.8, 4) is 0 Å². The predicted octanol–water partition coefficient (Wildman–Crippen LogP) is 2.57. The summed E-state index contributed by atoms with van der Waals surface area (Å²) >= 11 is 0. The van der Waals surface area contributed by atoms with Gasteiger partial charge in [0.25, 0.3) is 0 Å². The van der Waals surface area contributed by atoms with E-state index in [9.17, 15) is 9.59 Å². The van der Waals surface area contributed by atoms with E-state index in [0.717, 1.165) is 16.5 Å². The highest BCUT2D eigenvalue weighted by Gasteiger charge is 2.08. The summed E-state index contributed by atoms with van der Waals surface area (Å²) in [5.74, 6) is 0. The molecule has 1 aromatic heterocycles. The van der Waals surface area contributed by atoms with E-state index in [1.807, 2.05) is 29.7 Å². The standard InChI is InChI=1S/C14H15N3O3/c1-10-3-4-13-11(7-10)12(16-9-18)8-17(13)6-2-5-15-14(19)20/h3-4,7-8,15H,2,5-6H2,1H3,(H,19,20). The van der Waals surface area contributed by atoms with Gasteiger partial charge >= 0.3 is 6.09 Å². The smallest absolute Gasteiger partial charge is 0.404 e. The largest absolute Gasteiger partial charge is 0.465 e. The first kappa shape index (κ1) is 13.8. The molecule has 1 aromatic carbocycles. The first-order chi connectivity index (χ1) is 9.61. The van der Waals surface area contributed by atoms with Crippen LogP contribution in [-0.4, -0.2) is 28.4 Å². The fourth-order valence-electron chi connectivity index (χ4n) is 2.16. The molecule has 2 aromatic rings. The Hall–Kier alpha value is -2.59. The van der Waals surface area contributed by atoms with E-state index in [0.29, 0.717) is 25.2 Å². The van der Waals surface area contributed by atoms with Crippen molar-refractivity contribution < 1.29 is 14.7 Å². The molecule has 0 aliphatic rings. The van der Waals surface area contributed by atoms with Crippen LogP contribution in [0.1, 0.15) is 12.0 Å². The highest BCUT2D eigenvalue weighted by molar-refractivity contribution is 5.92. The minimum absolute atomic E-state index is 0.382. The zero-order valence-corrected chi connectivity index (χ0v) is 11.1. The van der Waals surface area contributed by atoms with Gasteiger partial charge in [0.05, 0.1) is 5.52 Å². The van der Waals surface area contributed by atoms with Crippen LogP contribution in [0.5, 0.6) is 0 Å². The monoisotopic (exact) mass is 273 g/mol. The number of amides is 1. The van der Waals surface area contributed by atoms with Gasteiger partial charge in [0, 0.05) is 24.7 Å². The molecule has 0 spiro atoms. The topological polar surface area (TPSA) is 83.7 Å². The Balaban J connectivity index is 2.24. The van der Waals surface area contributed by atoms with Crippen molar-refractivity contribution in [1.82, 2.24) is 9.88 Å². The molecule has 0 aliphatic heterocycles. The third kappa shape index (κ3) is 3.05. The fraction of sp³-hybridized carbons (Fsp3) is 0.286. The van der Waals surface area contributed by atoms with Gasteiger partial charge in [-0.2, -0.15) is 4.99 Å². The van der Waals surface area contributed by atoms with Crippen molar-refractivity contribution in [2.24, 2.45) is 4.99 Å². The van der Waals surface area contributed by atoms with Gasteiger partial charge in [0.2, 0.25) is 6.08 Å². The minimum Gasteiger partial charge on any atom is -0.465 e. The maximum absolute atomic E-state index is 10.5. The molecule has 0 bridgehead atoms. The fourth-order valence-corrected chi connectivity index (χ4v) is 2.16. The number of aromatic nitrogens is 1. The average Bonchev–Trinajstić information content (AvgIpc) is 2.73. The molecule has 2 N–H and O–H groups in total. The number of hydrogen-bond donors (Lipinski definition) is 2. The van der Waals surface area contributed by atoms with Crippen LogP contribution < -0.4 is 5.32 Å². The van der Waals surface area contributed by atoms with Crippen molar-refractivity contribution in [1.29, 1.82) is 0 Å². The second kappa shape index (κ2) is 6.04. The first-order valence-electron chi connectivity index (χ1n) is 6.26. The Kier molecular flexibility index (Phi) is 4.17. The molecule has 6 nitrogen and oxygen atoms in total. The quantitative estimate of drug-likeness (QED) is 0.499. The molecule has 0 fully saturated rings. The zero-order chi connectivity index (χ0) is 14.5. The second-order valence-electron chi connectivity index (χ2n) is 4.52. The number of fused-ring (bicyclic) bond motifs is 1. The molecule has 0 unspecified atom stereocenters. The molecule has 1 amide bonds. The van der Waals surface area contributed by atoms with Crippen LogP contribution in [0, 0.1) is 6.92 Å². The third-order valence-electron chi connectivity index (χ3n) is 3.03. The summed E-state index contributed by atoms with van der Waals surface area (Å²) in [7, 11) is 0. The van der Waals surface area contributed by atoms with Gasteiger partial charge in [-0.1, -0.05) is 11.6 Å². The summed E-state index contributed by atoms with van der Waals surface area (Å²) in [6, 6.07) is 5.93. The summed E-state index contributed by atoms with van der Waals surface area (Å²) in [5, 5.41) is 11.7. The maximum atomic E-state index is 10.5. The summed E-state index contributed by atoms with van der Waals surface area (Å²) < 4.78 is 1.97. The molecule has 1 heterocycles. The first-order valence-corrected chi connectivity index (χ1v) is 6.26. The molecule has 104 valence electrons. The Bertz CT molecular complexity index is 684. The van der Waals surface area contributed by atoms with Crippen LogP contribution in [0.15, 0.2) is 29.4 Å². The van der Waals surface area contributed by atoms with Crippen LogP contribution in [0.2, 0.25) is 0 Å². The van der Waals surface area contributed by atoms with Crippen molar-refractivity contribution in [2.75, 3.05) is 6.54 Å². The summed E-state index contributed by atoms with van der Waals surface area (Å²) in [6.07, 6.45) is 2.99. The normalized spacial score (nSPS) is 10.2. The molecule has 0 atom stereocenters. The number of aliphatic imine (C=N–C) groups is 1. The number of rotatable bonds is 5. The lowest BCUT2D eigenvalue weighted by molar-refractivity contribution is 0.194. The van der Waals surface area contributed by atoms with Gasteiger partial charge < -0.3 is 15.0 Å². The highest BCUT2D eigenvalue weighted by Crippen LogP contribution is 2.29. The van der Waals surface area contributed by atoms with E-state index in [1.165, 1.54) is 0 Å². The molecular formula is C14H15N3O3. The Morgan fingerprint density at radius 1 is 1.50 bits per heavy atom. The number of carbonyl (C=O) groups is 1. The van der Waals surface area contributed by atoms with E-state index < -0.39 is 6.09 Å². The van der Waals surface area contributed by atoms with Crippen molar-refractivity contribution in [3.05, 3.63) is 30.0 Å². The number of aryl methyl sites for hydroxylation is 2. The number of nitrogens with zero attached hydrogens (tertiary/aromatic N) is 2. The molecule has 20 heavy (non-hydrogen) atoms. The summed E-state index contributed by atoms with van der Waals surface area (Å²) in [6.45, 7) is 3.00. The van der Waals surface area contributed by atoms with Crippen LogP contribution in [0.25, 0.3) is 10.9 Å². The van der Waals surface area contributed by atoms with Gasteiger partial charge in [0.15, 0.2) is 0 Å². The number of hydrogen-bond acceptors (Lipinski definition) is 3. The summed E-state index contributed by atoms with van der Waals surface area (Å²) in [4.78, 5) is 24.6. The van der Waals surface area contributed by atoms with Crippen LogP contribution in [-0.2, 0) is 11.3 Å². The van der Waals surface area contributed by atoms with E-state index in [2.05, 4.69) is 10.3 Å². The van der Waals surface area contributed by atoms with Crippen LogP contribution >= 0.6 is 0 Å². The van der Waals surface area contributed by atoms with E-state index >= 15 is 0 Å². The van der Waals surface area contributed by atoms with Gasteiger partial charge in [-0.25, -0.2) is 9.59 Å². The Morgan fingerprint density at radius 2 is 2.30 bits per heavy atom. The number of carboxylic acid groups (broad SMARTS) is 1. The van der Waals surface area contributed by atoms with E-state index in [4.69, 9.17) is 5.11 Å². The van der Waals surface area contributed by atoms with Gasteiger partial charge in [-0.05, 0) is 25.5 Å². The van der Waals surface area contributed by atoms with Gasteiger partial charge in [-0.3, -0.25) is 0 Å². The number of isocyanates is 1. The SMILES string of the molecule is Cc1ccc2c(c1)c(N=C=O)cn2CCCNC(=O)O. The lowest BCUT2D eigenvalue weighted by Gasteiger charge is -2.05. The molecule has 2 rings (SSSR count). The van der Waals surface area contributed by atoms with Crippen molar-refractivity contribution in [2.45, 2.75) is 19.9 Å². The molecule has 6 heteroatoms. The average molecular weight is 273 g/mol. The molecular weight excluding hydrogens is 258 g/mol. The Morgan fingerprint density at radius 3 is 3.00 bits per heavy atom. The van der Waals surface area contributed by atoms with E-state index in [1.54, 1.807) is 12.3 Å². The second-order valence-corrected chi connectivity index (χ2v) is 4.52. The highest BCUT2D eigenvalue weighted by atomic mass is 16.4. The molecule has 0 saturated heterocycles.